The van der Waals surface area contributed by atoms with E-state index in [-0.39, 0.29) is 73.1 Å². The monoisotopic (exact) mass is 996 g/mol. The van der Waals surface area contributed by atoms with Crippen LogP contribution in [0.25, 0.3) is 54.9 Å². The third kappa shape index (κ3) is 6.25. The number of phenols is 2. The predicted molar refractivity (Wildman–Crippen MR) is 210 cm³/mol. The highest BCUT2D eigenvalue weighted by molar-refractivity contribution is 9.11. The number of anilines is 2. The van der Waals surface area contributed by atoms with Gasteiger partial charge in [-0.1, -0.05) is 63.7 Å². The van der Waals surface area contributed by atoms with Gasteiger partial charge in [0.05, 0.1) is 0 Å². The quantitative estimate of drug-likeness (QED) is 0.0425. The minimum Gasteiger partial charge on any atom is -0.505 e. The van der Waals surface area contributed by atoms with E-state index < -0.39 is 52.9 Å². The summed E-state index contributed by atoms with van der Waals surface area (Å²) in [4.78, 5) is -1.67. The van der Waals surface area contributed by atoms with E-state index in [0.29, 0.717) is 11.1 Å². The Morgan fingerprint density at radius 2 is 0.885 bits per heavy atom. The summed E-state index contributed by atoms with van der Waals surface area (Å²) < 4.78 is 88.1. The van der Waals surface area contributed by atoms with Crippen LogP contribution in [0.5, 0.6) is 11.5 Å². The average molecular weight is 1000 g/mol. The summed E-state index contributed by atoms with van der Waals surface area (Å²) in [6, 6.07) is 15.0. The fourth-order valence-electron chi connectivity index (χ4n) is 6.04. The Morgan fingerprint density at radius 3 is 1.17 bits per heavy atom. The summed E-state index contributed by atoms with van der Waals surface area (Å²) in [5.41, 5.74) is 18.1. The molecule has 6 aromatic carbocycles. The number of fused-ring (bicyclic) bond motifs is 2. The Hall–Kier alpha value is -4.02. The Bertz CT molecular complexity index is 2680. The molecule has 52 heavy (non-hydrogen) atoms. The second-order valence-electron chi connectivity index (χ2n) is 11.2. The lowest BCUT2D eigenvalue weighted by atomic mass is 9.93. The van der Waals surface area contributed by atoms with Crippen LogP contribution in [0, 0.1) is 11.0 Å². The minimum absolute atomic E-state index is 0.0976. The molecule has 6 aromatic rings. The lowest BCUT2D eigenvalue weighted by Gasteiger charge is -2.20. The minimum atomic E-state index is -5.14. The number of nitrogen functional groups attached to an aromatic ring is 2. The first-order valence-electron chi connectivity index (χ1n) is 15.0. The number of hydrogen-bond donors (Lipinski definition) is 8. The first-order chi connectivity index (χ1) is 25.3. The van der Waals surface area contributed by atoms with Gasteiger partial charge in [-0.2, -0.15) is 27.1 Å². The predicted octanol–water partition coefficient (Wildman–Crippen LogP) is 10.4. The zero-order valence-corrected chi connectivity index (χ0v) is 33.4. The molecule has 0 bridgehead atoms. The average Bonchev–Trinajstić information content (AvgIpc) is 3.06. The van der Waals surface area contributed by atoms with Crippen LogP contribution < -0.4 is 11.5 Å². The van der Waals surface area contributed by atoms with Crippen molar-refractivity contribution in [3.8, 4) is 44.9 Å². The highest BCUT2D eigenvalue weighted by atomic mass is 79.9. The molecule has 0 saturated heterocycles. The molecule has 0 aliphatic carbocycles. The second kappa shape index (κ2) is 13.4. The largest absolute Gasteiger partial charge is 0.505 e. The van der Waals surface area contributed by atoms with Crippen molar-refractivity contribution < 1.29 is 39.0 Å². The number of halogens is 4. The lowest BCUT2D eigenvalue weighted by molar-refractivity contribution is 0.472. The smallest absolute Gasteiger partial charge is 0.297 e. The summed E-state index contributed by atoms with van der Waals surface area (Å²) in [5, 5.41) is 29.4. The van der Waals surface area contributed by atoms with Gasteiger partial charge in [0.25, 0.3) is 20.2 Å². The molecule has 20 heteroatoms. The maximum Gasteiger partial charge on any atom is 0.297 e. The van der Waals surface area contributed by atoms with Gasteiger partial charge in [0.2, 0.25) is 2.82 Å². The normalized spacial score (nSPS) is 13.0. The van der Waals surface area contributed by atoms with Gasteiger partial charge in [-0.15, -0.1) is 0 Å². The van der Waals surface area contributed by atoms with Crippen LogP contribution in [0.15, 0.2) is 98.6 Å². The van der Waals surface area contributed by atoms with Gasteiger partial charge in [-0.25, -0.2) is 11.0 Å². The number of nitrogens with zero attached hydrogens (tertiary/aromatic N) is 2. The van der Waals surface area contributed by atoms with Crippen molar-refractivity contribution in [1.29, 1.82) is 11.0 Å². The highest BCUT2D eigenvalue weighted by Crippen LogP contribution is 2.54. The molecule has 0 heterocycles. The molecule has 0 saturated carbocycles. The number of hydrogen-bond acceptors (Lipinski definition) is 12. The van der Waals surface area contributed by atoms with Crippen LogP contribution in [-0.2, 0) is 20.2 Å². The molecule has 0 amide bonds. The molecule has 0 atom stereocenters. The molecule has 0 aliphatic rings. The Kier molecular flexibility index (Phi) is 9.05. The van der Waals surface area contributed by atoms with Crippen molar-refractivity contribution in [3.05, 3.63) is 78.6 Å². The summed E-state index contributed by atoms with van der Waals surface area (Å²) in [7, 11) is -10.3. The third-order valence-corrected chi connectivity index (χ3v) is 12.4. The van der Waals surface area contributed by atoms with Gasteiger partial charge in [0, 0.05) is 62.3 Å². The topological polar surface area (TPSA) is 274 Å². The summed E-state index contributed by atoms with van der Waals surface area (Å²) in [6.07, 6.45) is 0. The molecule has 0 radical (unpaired) electrons. The van der Waals surface area contributed by atoms with Gasteiger partial charge in [-0.05, 0) is 82.6 Å². The third-order valence-electron chi connectivity index (χ3n) is 8.10. The van der Waals surface area contributed by atoms with E-state index in [9.17, 15) is 36.2 Å². The molecule has 266 valence electrons. The standard InChI is InChI=1S/C32H20Br4N6O8S2/c33-19-5-11(6-20(34)25(19)23-17-9-13(37)1-3-15(17)29(43)27(41-39)31(23)51(45,46)47)12-7-21(35)26(22(36)8-12)24-18-10-14(38)2-4-16(18)30(44)28(42-40)32(24)52(48,49)50/h1-10,39-40,43-44H,37-38H2,(H,45,46,47)(H,48,49,50)/b41-39+,42-40+. The van der Waals surface area contributed by atoms with E-state index in [0.717, 1.165) is 0 Å². The number of nitrogens with two attached hydrogens (primary N) is 2. The van der Waals surface area contributed by atoms with E-state index in [1.54, 1.807) is 24.3 Å². The second-order valence-corrected chi connectivity index (χ2v) is 17.3. The summed E-state index contributed by atoms with van der Waals surface area (Å²) in [5.74, 6) is -1.32. The van der Waals surface area contributed by atoms with Gasteiger partial charge < -0.3 is 21.7 Å². The van der Waals surface area contributed by atoms with E-state index in [2.05, 4.69) is 85.0 Å². The number of aromatic hydroxyl groups is 2. The molecular weight excluding hydrogens is 980 g/mol. The molecule has 0 aliphatic heterocycles. The maximum absolute atomic E-state index is 12.9. The van der Waals surface area contributed by atoms with Crippen LogP contribution in [0.3, 0.4) is 0 Å². The van der Waals surface area contributed by atoms with E-state index >= 15 is 0 Å². The van der Waals surface area contributed by atoms with E-state index in [1.807, 2.05) is 0 Å². The van der Waals surface area contributed by atoms with Crippen molar-refractivity contribution in [3.63, 3.8) is 0 Å². The van der Waals surface area contributed by atoms with Crippen LogP contribution in [0.4, 0.5) is 22.7 Å². The first kappa shape index (κ1) is 35.0. The molecule has 0 fully saturated rings. The summed E-state index contributed by atoms with van der Waals surface area (Å²) in [6.45, 7) is 0. The molecule has 10 N–H and O–H groups in total. The van der Waals surface area contributed by atoms with Gasteiger partial charge >= 0.3 is 0 Å². The lowest BCUT2D eigenvalue weighted by Crippen LogP contribution is -2.04. The van der Waals surface area contributed by atoms with E-state index in [4.69, 9.17) is 14.3 Å². The van der Waals surface area contributed by atoms with Crippen LogP contribution in [0.1, 0.15) is 0 Å². The van der Waals surface area contributed by atoms with Crippen LogP contribution in [0.2, 0.25) is 2.82 Å². The molecule has 0 unspecified atom stereocenters. The number of phenolic OH excluding ortho intramolecular Hbond substituents is 2. The van der Waals surface area contributed by atoms with Crippen molar-refractivity contribution in [2.24, 2.45) is 10.2 Å². The van der Waals surface area contributed by atoms with Gasteiger partial charge in [0.1, 0.15) is 21.2 Å². The Balaban J connectivity index is 1.65. The Labute approximate surface area is 330 Å². The van der Waals surface area contributed by atoms with Crippen molar-refractivity contribution >= 4 is 128 Å². The van der Waals surface area contributed by atoms with Crippen LogP contribution >= 0.6 is 63.7 Å². The fourth-order valence-corrected chi connectivity index (χ4v) is 10.9. The number of rotatable bonds is 7. The highest BCUT2D eigenvalue weighted by Gasteiger charge is 2.32. The van der Waals surface area contributed by atoms with Crippen molar-refractivity contribution in [1.82, 2.24) is 0 Å². The number of benzene rings is 6. The molecule has 14 nitrogen and oxygen atoms in total. The Morgan fingerprint density at radius 1 is 0.558 bits per heavy atom. The van der Waals surface area contributed by atoms with Crippen LogP contribution in [-0.4, -0.2) is 36.2 Å². The SMILES string of the molecule is [H]/N=N/c1c(S(=O)(=O)O)c(-c2c(Br)cc(-c3cc(Br)c(-c4c(S(=O)(=O)O)c(/N=N/[H])c(O)c5ccc(N)cc45)c(Br)c3)cc2Br)c2cc(N)ccc2c1O. The van der Waals surface area contributed by atoms with Gasteiger partial charge in [0.15, 0.2) is 11.5 Å². The fraction of sp³-hybridized carbons (Fsp3) is 0. The first-order valence-corrected chi connectivity index (χ1v) is 20.2. The van der Waals surface area contributed by atoms with Gasteiger partial charge in [-0.3, -0.25) is 9.11 Å². The van der Waals surface area contributed by atoms with Crippen molar-refractivity contribution in [2.75, 3.05) is 11.5 Å². The van der Waals surface area contributed by atoms with E-state index in [1.165, 1.54) is 36.4 Å². The summed E-state index contributed by atoms with van der Waals surface area (Å²) >= 11 is 14.1. The zero-order chi connectivity index (χ0) is 39.6. The molecule has 0 spiro atoms. The zero-order valence-electron chi connectivity index (χ0n) is 27.5. The molecule has 6 rings (SSSR count). The number of nitrogens with one attached hydrogen (secondary N) is 2. The van der Waals surface area contributed by atoms with Crippen molar-refractivity contribution in [2.45, 2.75) is 9.79 Å². The molecular formula is C32H20Br4N6O8S2. The molecule has 0 aromatic heterocycles. The maximum atomic E-state index is 12.9.